The first-order chi connectivity index (χ1) is 10.7. The van der Waals surface area contributed by atoms with E-state index in [2.05, 4.69) is 0 Å². The second kappa shape index (κ2) is 8.34. The van der Waals surface area contributed by atoms with E-state index >= 15 is 0 Å². The molecule has 0 aromatic rings. The van der Waals surface area contributed by atoms with Crippen molar-refractivity contribution in [2.75, 3.05) is 32.7 Å². The van der Waals surface area contributed by atoms with Crippen molar-refractivity contribution >= 4 is 24.2 Å². The first-order valence-electron chi connectivity index (χ1n) is 8.98. The topological polar surface area (TPSA) is 66.6 Å². The number of hydrogen-bond donors (Lipinski definition) is 1. The van der Waals surface area contributed by atoms with Crippen LogP contribution in [0.5, 0.6) is 0 Å². The average Bonchev–Trinajstić information content (AvgIpc) is 3.24. The SMILES string of the molecule is Cl.NC[C@H]1CCC[C@H]1C(=O)N1CCCC(C(=O)N2CCCC2)C1. The molecule has 0 aromatic heterocycles. The molecule has 0 spiro atoms. The molecule has 0 radical (unpaired) electrons. The number of nitrogens with two attached hydrogens (primary N) is 1. The van der Waals surface area contributed by atoms with Crippen molar-refractivity contribution in [1.82, 2.24) is 9.80 Å². The highest BCUT2D eigenvalue weighted by Gasteiger charge is 2.38. The molecule has 2 aliphatic heterocycles. The molecule has 3 fully saturated rings. The first-order valence-corrected chi connectivity index (χ1v) is 8.98. The standard InChI is InChI=1S/C17H29N3O2.ClH/c18-11-13-5-3-7-15(13)17(22)20-10-4-6-14(12-20)16(21)19-8-1-2-9-19;/h13-15H,1-12,18H2;1H/t13-,14?,15-;/m1./s1. The van der Waals surface area contributed by atoms with Crippen LogP contribution in [0.15, 0.2) is 0 Å². The van der Waals surface area contributed by atoms with Crippen LogP contribution in [0.4, 0.5) is 0 Å². The average molecular weight is 344 g/mol. The maximum absolute atomic E-state index is 12.8. The number of carbonyl (C=O) groups is 2. The summed E-state index contributed by atoms with van der Waals surface area (Å²) < 4.78 is 0. The number of halogens is 1. The number of nitrogens with zero attached hydrogens (tertiary/aromatic N) is 2. The molecule has 2 N–H and O–H groups in total. The van der Waals surface area contributed by atoms with Gasteiger partial charge in [-0.15, -0.1) is 12.4 Å². The predicted octanol–water partition coefficient (Wildman–Crippen LogP) is 1.64. The maximum Gasteiger partial charge on any atom is 0.227 e. The van der Waals surface area contributed by atoms with Crippen LogP contribution >= 0.6 is 12.4 Å². The van der Waals surface area contributed by atoms with Crippen LogP contribution in [0, 0.1) is 17.8 Å². The molecular formula is C17H30ClN3O2. The van der Waals surface area contributed by atoms with Crippen molar-refractivity contribution in [2.45, 2.75) is 44.9 Å². The smallest absolute Gasteiger partial charge is 0.227 e. The van der Waals surface area contributed by atoms with Gasteiger partial charge in [0.1, 0.15) is 0 Å². The summed E-state index contributed by atoms with van der Waals surface area (Å²) in [7, 11) is 0. The van der Waals surface area contributed by atoms with Crippen molar-refractivity contribution < 1.29 is 9.59 Å². The summed E-state index contributed by atoms with van der Waals surface area (Å²) in [4.78, 5) is 29.3. The number of rotatable bonds is 3. The minimum Gasteiger partial charge on any atom is -0.342 e. The van der Waals surface area contributed by atoms with E-state index in [-0.39, 0.29) is 36.1 Å². The second-order valence-electron chi connectivity index (χ2n) is 7.19. The Morgan fingerprint density at radius 1 is 0.870 bits per heavy atom. The Hall–Kier alpha value is -0.810. The van der Waals surface area contributed by atoms with E-state index < -0.39 is 0 Å². The predicted molar refractivity (Wildman–Crippen MR) is 92.3 cm³/mol. The molecule has 0 bridgehead atoms. The molecule has 2 saturated heterocycles. The molecule has 2 heterocycles. The fourth-order valence-corrected chi connectivity index (χ4v) is 4.45. The van der Waals surface area contributed by atoms with Gasteiger partial charge >= 0.3 is 0 Å². The number of hydrogen-bond acceptors (Lipinski definition) is 3. The van der Waals surface area contributed by atoms with Gasteiger partial charge in [-0.1, -0.05) is 6.42 Å². The summed E-state index contributed by atoms with van der Waals surface area (Å²) in [5.74, 6) is 1.00. The highest BCUT2D eigenvalue weighted by Crippen LogP contribution is 2.33. The highest BCUT2D eigenvalue weighted by atomic mass is 35.5. The lowest BCUT2D eigenvalue weighted by Gasteiger charge is -2.36. The van der Waals surface area contributed by atoms with E-state index in [1.54, 1.807) is 0 Å². The summed E-state index contributed by atoms with van der Waals surface area (Å²) in [5, 5.41) is 0. The van der Waals surface area contributed by atoms with Crippen molar-refractivity contribution in [3.63, 3.8) is 0 Å². The van der Waals surface area contributed by atoms with E-state index in [9.17, 15) is 9.59 Å². The molecule has 5 nitrogen and oxygen atoms in total. The quantitative estimate of drug-likeness (QED) is 0.847. The number of amides is 2. The van der Waals surface area contributed by atoms with Crippen LogP contribution in [0.2, 0.25) is 0 Å². The molecule has 3 aliphatic rings. The summed E-state index contributed by atoms with van der Waals surface area (Å²) in [5.41, 5.74) is 5.82. The van der Waals surface area contributed by atoms with E-state index in [1.165, 1.54) is 0 Å². The number of likely N-dealkylation sites (tertiary alicyclic amines) is 2. The fraction of sp³-hybridized carbons (Fsp3) is 0.882. The van der Waals surface area contributed by atoms with E-state index in [0.29, 0.717) is 19.0 Å². The van der Waals surface area contributed by atoms with Gasteiger partial charge in [-0.25, -0.2) is 0 Å². The van der Waals surface area contributed by atoms with Crippen LogP contribution < -0.4 is 5.73 Å². The Morgan fingerprint density at radius 3 is 2.26 bits per heavy atom. The largest absolute Gasteiger partial charge is 0.342 e. The molecule has 3 rings (SSSR count). The Labute approximate surface area is 145 Å². The molecule has 1 unspecified atom stereocenters. The summed E-state index contributed by atoms with van der Waals surface area (Å²) >= 11 is 0. The third-order valence-corrected chi connectivity index (χ3v) is 5.78. The monoisotopic (exact) mass is 343 g/mol. The zero-order chi connectivity index (χ0) is 15.5. The van der Waals surface area contributed by atoms with E-state index in [4.69, 9.17) is 5.73 Å². The summed E-state index contributed by atoms with van der Waals surface area (Å²) in [6.07, 6.45) is 7.31. The molecule has 23 heavy (non-hydrogen) atoms. The lowest BCUT2D eigenvalue weighted by Crippen LogP contribution is -2.48. The van der Waals surface area contributed by atoms with Crippen LogP contribution in [0.3, 0.4) is 0 Å². The highest BCUT2D eigenvalue weighted by molar-refractivity contribution is 5.85. The third-order valence-electron chi connectivity index (χ3n) is 5.78. The molecule has 6 heteroatoms. The number of carbonyl (C=O) groups excluding carboxylic acids is 2. The molecule has 0 aromatic carbocycles. The summed E-state index contributed by atoms with van der Waals surface area (Å²) in [6.45, 7) is 3.86. The molecule has 2 amide bonds. The van der Waals surface area contributed by atoms with Gasteiger partial charge in [-0.2, -0.15) is 0 Å². The van der Waals surface area contributed by atoms with Gasteiger partial charge < -0.3 is 15.5 Å². The molecular weight excluding hydrogens is 314 g/mol. The van der Waals surface area contributed by atoms with Gasteiger partial charge in [-0.3, -0.25) is 9.59 Å². The molecule has 1 aliphatic carbocycles. The lowest BCUT2D eigenvalue weighted by molar-refractivity contribution is -0.143. The Balaban J connectivity index is 0.00000192. The van der Waals surface area contributed by atoms with Gasteiger partial charge in [0.05, 0.1) is 5.92 Å². The lowest BCUT2D eigenvalue weighted by atomic mass is 9.91. The van der Waals surface area contributed by atoms with Gasteiger partial charge in [0, 0.05) is 32.1 Å². The minimum absolute atomic E-state index is 0. The Morgan fingerprint density at radius 2 is 1.57 bits per heavy atom. The van der Waals surface area contributed by atoms with E-state index in [0.717, 1.165) is 64.6 Å². The Kier molecular flexibility index (Phi) is 6.72. The van der Waals surface area contributed by atoms with Crippen LogP contribution in [0.1, 0.15) is 44.9 Å². The van der Waals surface area contributed by atoms with Gasteiger partial charge in [-0.05, 0) is 51.0 Å². The summed E-state index contributed by atoms with van der Waals surface area (Å²) in [6, 6.07) is 0. The second-order valence-corrected chi connectivity index (χ2v) is 7.19. The molecule has 132 valence electrons. The van der Waals surface area contributed by atoms with Crippen molar-refractivity contribution in [1.29, 1.82) is 0 Å². The van der Waals surface area contributed by atoms with Gasteiger partial charge in [0.25, 0.3) is 0 Å². The van der Waals surface area contributed by atoms with Crippen LogP contribution in [0.25, 0.3) is 0 Å². The number of piperidine rings is 1. The van der Waals surface area contributed by atoms with Gasteiger partial charge in [0.15, 0.2) is 0 Å². The molecule has 1 saturated carbocycles. The van der Waals surface area contributed by atoms with Crippen molar-refractivity contribution in [3.8, 4) is 0 Å². The van der Waals surface area contributed by atoms with Crippen molar-refractivity contribution in [3.05, 3.63) is 0 Å². The van der Waals surface area contributed by atoms with E-state index in [1.807, 2.05) is 9.80 Å². The molecule has 3 atom stereocenters. The van der Waals surface area contributed by atoms with Crippen LogP contribution in [-0.2, 0) is 9.59 Å². The fourth-order valence-electron chi connectivity index (χ4n) is 4.45. The Bertz CT molecular complexity index is 426. The maximum atomic E-state index is 12.8. The minimum atomic E-state index is 0. The normalized spacial score (nSPS) is 31.1. The first kappa shape index (κ1) is 18.5. The van der Waals surface area contributed by atoms with Crippen LogP contribution in [-0.4, -0.2) is 54.3 Å². The van der Waals surface area contributed by atoms with Gasteiger partial charge in [0.2, 0.25) is 11.8 Å². The van der Waals surface area contributed by atoms with Crippen molar-refractivity contribution in [2.24, 2.45) is 23.5 Å². The zero-order valence-corrected chi connectivity index (χ0v) is 14.7. The third kappa shape index (κ3) is 4.00. The zero-order valence-electron chi connectivity index (χ0n) is 13.9.